The third-order valence-electron chi connectivity index (χ3n) is 2.20. The van der Waals surface area contributed by atoms with Gasteiger partial charge in [0, 0.05) is 6.54 Å². The summed E-state index contributed by atoms with van der Waals surface area (Å²) in [5.74, 6) is 0. The van der Waals surface area contributed by atoms with Crippen molar-refractivity contribution in [1.29, 1.82) is 0 Å². The minimum atomic E-state index is -0.847. The first-order chi connectivity index (χ1) is 5.65. The Bertz CT molecular complexity index is 172. The molecule has 1 saturated heterocycles. The maximum absolute atomic E-state index is 10.7. The lowest BCUT2D eigenvalue weighted by Gasteiger charge is -2.22. The molecule has 0 aromatic rings. The van der Waals surface area contributed by atoms with Gasteiger partial charge in [0.2, 0.25) is 0 Å². The van der Waals surface area contributed by atoms with Crippen LogP contribution in [0.25, 0.3) is 0 Å². The van der Waals surface area contributed by atoms with Crippen LogP contribution in [0.3, 0.4) is 0 Å². The summed E-state index contributed by atoms with van der Waals surface area (Å²) < 4.78 is 5.29. The van der Waals surface area contributed by atoms with Crippen molar-refractivity contribution in [3.63, 3.8) is 0 Å². The van der Waals surface area contributed by atoms with E-state index in [1.54, 1.807) is 0 Å². The number of carboxylic acid groups (broad SMARTS) is 1. The van der Waals surface area contributed by atoms with E-state index < -0.39 is 6.09 Å². The van der Waals surface area contributed by atoms with Crippen LogP contribution in [0, 0.1) is 0 Å². The lowest BCUT2D eigenvalue weighted by atomic mass is 10.2. The molecule has 0 spiro atoms. The predicted octanol–water partition coefficient (Wildman–Crippen LogP) is 1.16. The van der Waals surface area contributed by atoms with Gasteiger partial charge < -0.3 is 14.7 Å². The first kappa shape index (κ1) is 9.32. The van der Waals surface area contributed by atoms with Crippen LogP contribution in [0.15, 0.2) is 0 Å². The van der Waals surface area contributed by atoms with Crippen molar-refractivity contribution in [1.82, 2.24) is 4.90 Å². The normalized spacial score (nSPS) is 28.8. The molecule has 70 valence electrons. The minimum absolute atomic E-state index is 0.0579. The van der Waals surface area contributed by atoms with Gasteiger partial charge in [-0.2, -0.15) is 0 Å². The van der Waals surface area contributed by atoms with Gasteiger partial charge >= 0.3 is 6.09 Å². The Labute approximate surface area is 72.1 Å². The Morgan fingerprint density at radius 3 is 2.75 bits per heavy atom. The van der Waals surface area contributed by atoms with Gasteiger partial charge in [-0.25, -0.2) is 4.79 Å². The van der Waals surface area contributed by atoms with E-state index in [1.807, 2.05) is 13.8 Å². The highest BCUT2D eigenvalue weighted by Gasteiger charge is 2.29. The molecular weight excluding hydrogens is 158 g/mol. The molecule has 0 bridgehead atoms. The molecule has 0 aliphatic carbocycles. The van der Waals surface area contributed by atoms with E-state index in [2.05, 4.69) is 0 Å². The number of rotatable bonds is 2. The molecule has 0 aromatic carbocycles. The summed E-state index contributed by atoms with van der Waals surface area (Å²) in [5, 5.41) is 8.79. The Morgan fingerprint density at radius 2 is 2.42 bits per heavy atom. The molecule has 0 unspecified atom stereocenters. The second kappa shape index (κ2) is 3.76. The molecule has 0 aromatic heterocycles. The van der Waals surface area contributed by atoms with E-state index in [1.165, 1.54) is 4.90 Å². The molecule has 4 nitrogen and oxygen atoms in total. The third-order valence-corrected chi connectivity index (χ3v) is 2.20. The van der Waals surface area contributed by atoms with E-state index in [-0.39, 0.29) is 12.1 Å². The zero-order chi connectivity index (χ0) is 9.14. The Hall–Kier alpha value is -0.770. The smallest absolute Gasteiger partial charge is 0.407 e. The Kier molecular flexibility index (Phi) is 2.92. The van der Waals surface area contributed by atoms with Crippen LogP contribution in [0.5, 0.6) is 0 Å². The Morgan fingerprint density at radius 1 is 1.75 bits per heavy atom. The zero-order valence-corrected chi connectivity index (χ0v) is 7.49. The standard InChI is InChI=1S/C8H15NO3/c1-3-9(8(10)11)7-4-6(2)12-5-7/h6-7H,3-5H2,1-2H3,(H,10,11)/t6-,7+/m1/s1. The SMILES string of the molecule is CCN(C(=O)O)[C@@H]1CO[C@H](C)C1. The maximum atomic E-state index is 10.7. The second-order valence-electron chi connectivity index (χ2n) is 3.10. The third kappa shape index (κ3) is 1.88. The van der Waals surface area contributed by atoms with Gasteiger partial charge in [-0.3, -0.25) is 0 Å². The highest BCUT2D eigenvalue weighted by molar-refractivity contribution is 5.65. The molecule has 2 atom stereocenters. The highest BCUT2D eigenvalue weighted by atomic mass is 16.5. The monoisotopic (exact) mass is 173 g/mol. The average molecular weight is 173 g/mol. The quantitative estimate of drug-likeness (QED) is 0.681. The molecule has 1 rings (SSSR count). The summed E-state index contributed by atoms with van der Waals surface area (Å²) in [4.78, 5) is 12.1. The number of ether oxygens (including phenoxy) is 1. The number of hydrogen-bond acceptors (Lipinski definition) is 2. The fourth-order valence-corrected chi connectivity index (χ4v) is 1.56. The summed E-state index contributed by atoms with van der Waals surface area (Å²) in [7, 11) is 0. The van der Waals surface area contributed by atoms with Gasteiger partial charge in [0.05, 0.1) is 18.8 Å². The van der Waals surface area contributed by atoms with E-state index in [0.29, 0.717) is 13.2 Å². The predicted molar refractivity (Wildman–Crippen MR) is 44.2 cm³/mol. The van der Waals surface area contributed by atoms with Crippen LogP contribution in [0.2, 0.25) is 0 Å². The van der Waals surface area contributed by atoms with Crippen molar-refractivity contribution < 1.29 is 14.6 Å². The van der Waals surface area contributed by atoms with Crippen molar-refractivity contribution in [2.24, 2.45) is 0 Å². The maximum Gasteiger partial charge on any atom is 0.407 e. The first-order valence-electron chi connectivity index (χ1n) is 4.26. The highest BCUT2D eigenvalue weighted by Crippen LogP contribution is 2.17. The molecule has 1 N–H and O–H groups in total. The summed E-state index contributed by atoms with van der Waals surface area (Å²) >= 11 is 0. The summed E-state index contributed by atoms with van der Waals surface area (Å²) in [5.41, 5.74) is 0. The van der Waals surface area contributed by atoms with Crippen LogP contribution in [0.4, 0.5) is 4.79 Å². The van der Waals surface area contributed by atoms with Gasteiger partial charge in [0.1, 0.15) is 0 Å². The lowest BCUT2D eigenvalue weighted by molar-refractivity contribution is 0.0993. The number of likely N-dealkylation sites (N-methyl/N-ethyl adjacent to an activating group) is 1. The van der Waals surface area contributed by atoms with Gasteiger partial charge in [-0.1, -0.05) is 0 Å². The van der Waals surface area contributed by atoms with Crippen molar-refractivity contribution in [2.45, 2.75) is 32.4 Å². The van der Waals surface area contributed by atoms with Gasteiger partial charge in [-0.05, 0) is 20.3 Å². The molecule has 4 heteroatoms. The molecule has 12 heavy (non-hydrogen) atoms. The molecule has 1 amide bonds. The largest absolute Gasteiger partial charge is 0.465 e. The van der Waals surface area contributed by atoms with Gasteiger partial charge in [0.15, 0.2) is 0 Å². The van der Waals surface area contributed by atoms with Gasteiger partial charge in [-0.15, -0.1) is 0 Å². The molecule has 1 aliphatic heterocycles. The second-order valence-corrected chi connectivity index (χ2v) is 3.10. The fraction of sp³-hybridized carbons (Fsp3) is 0.875. The minimum Gasteiger partial charge on any atom is -0.465 e. The molecule has 1 aliphatic rings. The number of hydrogen-bond donors (Lipinski definition) is 1. The van der Waals surface area contributed by atoms with Crippen LogP contribution >= 0.6 is 0 Å². The molecule has 0 saturated carbocycles. The van der Waals surface area contributed by atoms with Crippen molar-refractivity contribution in [3.05, 3.63) is 0 Å². The van der Waals surface area contributed by atoms with E-state index in [4.69, 9.17) is 9.84 Å². The van der Waals surface area contributed by atoms with E-state index in [9.17, 15) is 4.79 Å². The summed E-state index contributed by atoms with van der Waals surface area (Å²) in [6, 6.07) is 0.0579. The topological polar surface area (TPSA) is 49.8 Å². The van der Waals surface area contributed by atoms with Crippen LogP contribution in [0.1, 0.15) is 20.3 Å². The Balaban J connectivity index is 2.49. The molecule has 1 heterocycles. The summed E-state index contributed by atoms with van der Waals surface area (Å²) in [6.45, 7) is 4.89. The molecular formula is C8H15NO3. The van der Waals surface area contributed by atoms with Crippen molar-refractivity contribution in [3.8, 4) is 0 Å². The lowest BCUT2D eigenvalue weighted by Crippen LogP contribution is -2.39. The average Bonchev–Trinajstić information content (AvgIpc) is 2.37. The van der Waals surface area contributed by atoms with Crippen LogP contribution < -0.4 is 0 Å². The molecule has 0 radical (unpaired) electrons. The number of nitrogens with zero attached hydrogens (tertiary/aromatic N) is 1. The van der Waals surface area contributed by atoms with Crippen molar-refractivity contribution >= 4 is 6.09 Å². The van der Waals surface area contributed by atoms with Gasteiger partial charge in [0.25, 0.3) is 0 Å². The number of carbonyl (C=O) groups is 1. The van der Waals surface area contributed by atoms with Crippen LogP contribution in [-0.4, -0.2) is 41.4 Å². The zero-order valence-electron chi connectivity index (χ0n) is 7.49. The van der Waals surface area contributed by atoms with Crippen molar-refractivity contribution in [2.75, 3.05) is 13.2 Å². The first-order valence-corrected chi connectivity index (χ1v) is 4.26. The van der Waals surface area contributed by atoms with Crippen LogP contribution in [-0.2, 0) is 4.74 Å². The van der Waals surface area contributed by atoms with E-state index >= 15 is 0 Å². The molecule has 1 fully saturated rings. The fourth-order valence-electron chi connectivity index (χ4n) is 1.56. The number of amides is 1. The van der Waals surface area contributed by atoms with E-state index in [0.717, 1.165) is 6.42 Å². The summed E-state index contributed by atoms with van der Waals surface area (Å²) in [6.07, 6.45) is 0.170.